The monoisotopic (exact) mass is 531 g/mol. The number of carbonyl (C=O) groups excluding carboxylic acids is 2. The highest BCUT2D eigenvalue weighted by Crippen LogP contribution is 2.37. The Morgan fingerprint density at radius 3 is 2.45 bits per heavy atom. The van der Waals surface area contributed by atoms with Gasteiger partial charge < -0.3 is 10.2 Å². The van der Waals surface area contributed by atoms with Gasteiger partial charge in [0, 0.05) is 19.5 Å². The maximum atomic E-state index is 13.7. The van der Waals surface area contributed by atoms with E-state index in [1.165, 1.54) is 4.90 Å². The Morgan fingerprint density at radius 2 is 1.82 bits per heavy atom. The fraction of sp³-hybridized carbons (Fsp3) is 0.483. The van der Waals surface area contributed by atoms with Crippen LogP contribution in [0.15, 0.2) is 48.5 Å². The Hall–Kier alpha value is -3.41. The molecule has 1 aliphatic rings. The van der Waals surface area contributed by atoms with E-state index in [0.717, 1.165) is 17.7 Å². The van der Waals surface area contributed by atoms with E-state index in [1.807, 2.05) is 44.2 Å². The molecule has 0 bridgehead atoms. The predicted octanol–water partition coefficient (Wildman–Crippen LogP) is 6.13. The highest BCUT2D eigenvalue weighted by molar-refractivity contribution is 5.88. The van der Waals surface area contributed by atoms with Crippen LogP contribution in [0.2, 0.25) is 0 Å². The summed E-state index contributed by atoms with van der Waals surface area (Å²) in [5.74, 6) is -1.59. The fourth-order valence-electron chi connectivity index (χ4n) is 5.14. The van der Waals surface area contributed by atoms with Crippen molar-refractivity contribution >= 4 is 11.8 Å². The number of alkyl halides is 3. The number of nitrogens with one attached hydrogen (secondary N) is 1. The van der Waals surface area contributed by atoms with E-state index in [-0.39, 0.29) is 30.4 Å². The summed E-state index contributed by atoms with van der Waals surface area (Å²) in [5, 5.41) is 12.6. The minimum absolute atomic E-state index is 0.00825. The van der Waals surface area contributed by atoms with Crippen molar-refractivity contribution in [2.45, 2.75) is 76.6 Å². The normalized spacial score (nSPS) is 17.2. The third-order valence-electron chi connectivity index (χ3n) is 7.31. The average Bonchev–Trinajstić information content (AvgIpc) is 3.37. The number of likely N-dealkylation sites (tertiary alicyclic amines) is 1. The van der Waals surface area contributed by atoms with Crippen LogP contribution < -0.4 is 5.32 Å². The van der Waals surface area contributed by atoms with Crippen LogP contribution in [-0.2, 0) is 27.7 Å². The lowest BCUT2D eigenvalue weighted by atomic mass is 9.69. The maximum Gasteiger partial charge on any atom is 0.416 e. The zero-order chi connectivity index (χ0) is 27.9. The molecule has 0 spiro atoms. The highest BCUT2D eigenvalue weighted by Gasteiger charge is 2.37. The van der Waals surface area contributed by atoms with E-state index in [1.54, 1.807) is 0 Å². The van der Waals surface area contributed by atoms with E-state index in [9.17, 15) is 32.4 Å². The van der Waals surface area contributed by atoms with Crippen LogP contribution in [-0.4, -0.2) is 29.3 Å². The molecule has 1 aliphatic heterocycles. The van der Waals surface area contributed by atoms with Gasteiger partial charge in [0.05, 0.1) is 17.0 Å². The average molecular weight is 532 g/mol. The van der Waals surface area contributed by atoms with Gasteiger partial charge in [0.15, 0.2) is 0 Å². The number of amides is 2. The third kappa shape index (κ3) is 6.91. The Kier molecular flexibility index (Phi) is 9.53. The van der Waals surface area contributed by atoms with Gasteiger partial charge in [-0.1, -0.05) is 50.6 Å². The zero-order valence-electron chi connectivity index (χ0n) is 21.7. The van der Waals surface area contributed by atoms with Gasteiger partial charge in [-0.3, -0.25) is 9.59 Å². The molecule has 2 aromatic carbocycles. The number of halogens is 4. The lowest BCUT2D eigenvalue weighted by molar-refractivity contribution is -0.138. The summed E-state index contributed by atoms with van der Waals surface area (Å²) in [6, 6.07) is 13.6. The lowest BCUT2D eigenvalue weighted by Crippen LogP contribution is -2.45. The minimum atomic E-state index is -4.70. The second-order valence-corrected chi connectivity index (χ2v) is 10.1. The van der Waals surface area contributed by atoms with E-state index < -0.39 is 34.9 Å². The summed E-state index contributed by atoms with van der Waals surface area (Å²) in [4.78, 5) is 27.2. The quantitative estimate of drug-likeness (QED) is 0.296. The molecule has 0 aliphatic carbocycles. The van der Waals surface area contributed by atoms with E-state index in [0.29, 0.717) is 44.7 Å². The van der Waals surface area contributed by atoms with Gasteiger partial charge in [0.2, 0.25) is 11.8 Å². The van der Waals surface area contributed by atoms with Gasteiger partial charge in [-0.25, -0.2) is 4.39 Å². The Balaban J connectivity index is 1.54. The first-order chi connectivity index (χ1) is 18.0. The standard InChI is InChI=1S/C29H33F4N3O2/c1-20(2)28(19-34,22-9-4-3-5-10-22)13-7-6-12-26(37)36-14-8-11-25(36)27(38)35-18-21-15-23(29(31,32)33)17-24(30)16-21/h3-5,9-10,15-17,20,25H,6-8,11-14,18H2,1-2H3,(H,35,38)/t25-,28+/m1/s1. The van der Waals surface area contributed by atoms with Crippen LogP contribution in [0, 0.1) is 23.1 Å². The number of benzene rings is 2. The molecule has 0 radical (unpaired) electrons. The van der Waals surface area contributed by atoms with Crippen molar-refractivity contribution in [3.05, 3.63) is 71.0 Å². The molecule has 0 aromatic heterocycles. The van der Waals surface area contributed by atoms with Gasteiger partial charge >= 0.3 is 6.18 Å². The molecule has 0 saturated carbocycles. The minimum Gasteiger partial charge on any atom is -0.350 e. The fourth-order valence-corrected chi connectivity index (χ4v) is 5.14. The van der Waals surface area contributed by atoms with Crippen molar-refractivity contribution in [2.24, 2.45) is 5.92 Å². The van der Waals surface area contributed by atoms with E-state index >= 15 is 0 Å². The van der Waals surface area contributed by atoms with Crippen LogP contribution >= 0.6 is 0 Å². The van der Waals surface area contributed by atoms with Gasteiger partial charge in [-0.15, -0.1) is 0 Å². The number of nitrogens with zero attached hydrogens (tertiary/aromatic N) is 2. The second-order valence-electron chi connectivity index (χ2n) is 10.1. The molecule has 2 amide bonds. The van der Waals surface area contributed by atoms with Crippen molar-refractivity contribution in [2.75, 3.05) is 6.54 Å². The second kappa shape index (κ2) is 12.4. The molecule has 2 atom stereocenters. The Labute approximate surface area is 220 Å². The van der Waals surface area contributed by atoms with Crippen molar-refractivity contribution < 1.29 is 27.2 Å². The first kappa shape index (κ1) is 29.2. The lowest BCUT2D eigenvalue weighted by Gasteiger charge is -2.31. The maximum absolute atomic E-state index is 13.7. The molecule has 9 heteroatoms. The summed E-state index contributed by atoms with van der Waals surface area (Å²) in [6.07, 6.45) is -1.53. The zero-order valence-corrected chi connectivity index (χ0v) is 21.7. The number of hydrogen-bond donors (Lipinski definition) is 1. The summed E-state index contributed by atoms with van der Waals surface area (Å²) in [6.45, 7) is 4.18. The molecular formula is C29H33F4N3O2. The number of carbonyl (C=O) groups is 2. The van der Waals surface area contributed by atoms with Crippen molar-refractivity contribution in [3.63, 3.8) is 0 Å². The molecule has 3 rings (SSSR count). The molecule has 5 nitrogen and oxygen atoms in total. The van der Waals surface area contributed by atoms with Crippen LogP contribution in [0.4, 0.5) is 17.6 Å². The summed E-state index contributed by atoms with van der Waals surface area (Å²) in [7, 11) is 0. The van der Waals surface area contributed by atoms with Crippen LogP contribution in [0.3, 0.4) is 0 Å². The predicted molar refractivity (Wildman–Crippen MR) is 135 cm³/mol. The molecule has 38 heavy (non-hydrogen) atoms. The summed E-state index contributed by atoms with van der Waals surface area (Å²) >= 11 is 0. The molecular weight excluding hydrogens is 498 g/mol. The first-order valence-electron chi connectivity index (χ1n) is 12.9. The molecule has 204 valence electrons. The van der Waals surface area contributed by atoms with Gasteiger partial charge in [-0.05, 0) is 60.9 Å². The Bertz CT molecular complexity index is 1160. The first-order valence-corrected chi connectivity index (χ1v) is 12.9. The molecule has 1 fully saturated rings. The number of nitriles is 1. The molecule has 0 unspecified atom stereocenters. The number of rotatable bonds is 10. The highest BCUT2D eigenvalue weighted by atomic mass is 19.4. The van der Waals surface area contributed by atoms with Crippen LogP contribution in [0.5, 0.6) is 0 Å². The van der Waals surface area contributed by atoms with Crippen molar-refractivity contribution in [3.8, 4) is 6.07 Å². The van der Waals surface area contributed by atoms with Crippen LogP contribution in [0.25, 0.3) is 0 Å². The van der Waals surface area contributed by atoms with Gasteiger partial charge in [0.1, 0.15) is 11.9 Å². The summed E-state index contributed by atoms with van der Waals surface area (Å²) in [5.41, 5.74) is -0.820. The number of unbranched alkanes of at least 4 members (excludes halogenated alkanes) is 1. The topological polar surface area (TPSA) is 73.2 Å². The third-order valence-corrected chi connectivity index (χ3v) is 7.31. The van der Waals surface area contributed by atoms with Gasteiger partial charge in [-0.2, -0.15) is 18.4 Å². The van der Waals surface area contributed by atoms with Gasteiger partial charge in [0.25, 0.3) is 0 Å². The molecule has 1 saturated heterocycles. The molecule has 2 aromatic rings. The van der Waals surface area contributed by atoms with E-state index in [2.05, 4.69) is 11.4 Å². The number of hydrogen-bond acceptors (Lipinski definition) is 3. The van der Waals surface area contributed by atoms with Crippen molar-refractivity contribution in [1.82, 2.24) is 10.2 Å². The SMILES string of the molecule is CC(C)[C@@](C#N)(CCCCC(=O)N1CCC[C@@H]1C(=O)NCc1cc(F)cc(C(F)(F)F)c1)c1ccccc1. The largest absolute Gasteiger partial charge is 0.416 e. The Morgan fingerprint density at radius 1 is 1.11 bits per heavy atom. The van der Waals surface area contributed by atoms with E-state index in [4.69, 9.17) is 0 Å². The molecule has 1 N–H and O–H groups in total. The van der Waals surface area contributed by atoms with Crippen LogP contribution in [0.1, 0.15) is 69.1 Å². The summed E-state index contributed by atoms with van der Waals surface area (Å²) < 4.78 is 52.5. The van der Waals surface area contributed by atoms with Crippen molar-refractivity contribution in [1.29, 1.82) is 5.26 Å². The molecule has 1 heterocycles. The smallest absolute Gasteiger partial charge is 0.350 e.